The van der Waals surface area contributed by atoms with Crippen molar-refractivity contribution in [3.05, 3.63) is 87.5 Å². The van der Waals surface area contributed by atoms with E-state index < -0.39 is 0 Å². The Bertz CT molecular complexity index is 1130. The van der Waals surface area contributed by atoms with Gasteiger partial charge in [0.25, 0.3) is 0 Å². The molecule has 140 valence electrons. The van der Waals surface area contributed by atoms with Crippen LogP contribution in [0, 0.1) is 13.8 Å². The molecule has 0 aliphatic heterocycles. The second kappa shape index (κ2) is 7.90. The molecule has 4 nitrogen and oxygen atoms in total. The zero-order chi connectivity index (χ0) is 19.5. The number of nitrogens with one attached hydrogen (secondary N) is 1. The summed E-state index contributed by atoms with van der Waals surface area (Å²) < 4.78 is 0. The van der Waals surface area contributed by atoms with Gasteiger partial charge in [-0.3, -0.25) is 4.79 Å². The first-order chi connectivity index (χ1) is 13.6. The molecule has 1 amide bonds. The van der Waals surface area contributed by atoms with Crippen molar-refractivity contribution in [1.82, 2.24) is 9.97 Å². The maximum atomic E-state index is 12.4. The van der Waals surface area contributed by atoms with Crippen LogP contribution in [0.5, 0.6) is 0 Å². The van der Waals surface area contributed by atoms with Crippen LogP contribution in [0.15, 0.2) is 60.8 Å². The third-order valence-corrected chi connectivity index (χ3v) is 5.82. The van der Waals surface area contributed by atoms with Gasteiger partial charge in [0.05, 0.1) is 17.1 Å². The minimum Gasteiger partial charge on any atom is -0.310 e. The van der Waals surface area contributed by atoms with Crippen LogP contribution in [0.1, 0.15) is 26.7 Å². The van der Waals surface area contributed by atoms with Crippen LogP contribution in [-0.2, 0) is 17.6 Å². The summed E-state index contributed by atoms with van der Waals surface area (Å²) in [5.74, 6) is 0.508. The number of pyridine rings is 1. The molecule has 4 aromatic rings. The highest BCUT2D eigenvalue weighted by atomic mass is 32.1. The minimum absolute atomic E-state index is 0.0696. The SMILES string of the molecule is Cc1ccc(NC(=O)Cc2sc(Cc3cccc4ccccc34)nc2C)nc1. The molecule has 28 heavy (non-hydrogen) atoms. The number of carbonyl (C=O) groups is 1. The van der Waals surface area contributed by atoms with Crippen molar-refractivity contribution < 1.29 is 4.79 Å². The third-order valence-electron chi connectivity index (χ3n) is 4.66. The summed E-state index contributed by atoms with van der Waals surface area (Å²) in [6.45, 7) is 3.94. The van der Waals surface area contributed by atoms with Crippen molar-refractivity contribution in [3.8, 4) is 0 Å². The highest BCUT2D eigenvalue weighted by Gasteiger charge is 2.13. The lowest BCUT2D eigenvalue weighted by Crippen LogP contribution is -2.15. The van der Waals surface area contributed by atoms with Gasteiger partial charge >= 0.3 is 0 Å². The van der Waals surface area contributed by atoms with Crippen molar-refractivity contribution in [2.24, 2.45) is 0 Å². The summed E-state index contributed by atoms with van der Waals surface area (Å²) in [6.07, 6.45) is 2.83. The molecule has 2 heterocycles. The largest absolute Gasteiger partial charge is 0.310 e. The summed E-state index contributed by atoms with van der Waals surface area (Å²) in [5, 5.41) is 6.38. The second-order valence-corrected chi connectivity index (χ2v) is 8.05. The third kappa shape index (κ3) is 4.10. The molecule has 0 aliphatic carbocycles. The summed E-state index contributed by atoms with van der Waals surface area (Å²) >= 11 is 1.61. The number of aryl methyl sites for hydroxylation is 2. The fourth-order valence-corrected chi connectivity index (χ4v) is 4.30. The maximum Gasteiger partial charge on any atom is 0.230 e. The van der Waals surface area contributed by atoms with E-state index in [-0.39, 0.29) is 5.91 Å². The Labute approximate surface area is 168 Å². The summed E-state index contributed by atoms with van der Waals surface area (Å²) in [4.78, 5) is 22.3. The molecule has 0 saturated heterocycles. The lowest BCUT2D eigenvalue weighted by Gasteiger charge is -2.04. The second-order valence-electron chi connectivity index (χ2n) is 6.88. The standard InChI is InChI=1S/C23H21N3OS/c1-15-10-11-21(24-14-15)26-22(27)13-20-16(2)25-23(28-20)12-18-8-5-7-17-6-3-4-9-19(17)18/h3-11,14H,12-13H2,1-2H3,(H,24,26,27). The van der Waals surface area contributed by atoms with Crippen molar-refractivity contribution in [2.45, 2.75) is 26.7 Å². The van der Waals surface area contributed by atoms with E-state index in [1.807, 2.05) is 26.0 Å². The minimum atomic E-state index is -0.0696. The number of amides is 1. The number of thiazole rings is 1. The van der Waals surface area contributed by atoms with E-state index in [4.69, 9.17) is 4.98 Å². The van der Waals surface area contributed by atoms with E-state index in [9.17, 15) is 4.79 Å². The molecule has 0 atom stereocenters. The lowest BCUT2D eigenvalue weighted by molar-refractivity contribution is -0.115. The monoisotopic (exact) mass is 387 g/mol. The first kappa shape index (κ1) is 18.3. The van der Waals surface area contributed by atoms with Crippen molar-refractivity contribution in [3.63, 3.8) is 0 Å². The van der Waals surface area contributed by atoms with E-state index in [2.05, 4.69) is 52.8 Å². The van der Waals surface area contributed by atoms with Gasteiger partial charge in [-0.25, -0.2) is 9.97 Å². The van der Waals surface area contributed by atoms with Gasteiger partial charge in [-0.2, -0.15) is 0 Å². The number of aromatic nitrogens is 2. The molecule has 0 fully saturated rings. The smallest absolute Gasteiger partial charge is 0.230 e. The van der Waals surface area contributed by atoms with Gasteiger partial charge in [0.15, 0.2) is 0 Å². The molecule has 2 aromatic carbocycles. The molecule has 4 rings (SSSR count). The van der Waals surface area contributed by atoms with Crippen LogP contribution in [0.3, 0.4) is 0 Å². The first-order valence-corrected chi connectivity index (χ1v) is 10.0. The number of carbonyl (C=O) groups excluding carboxylic acids is 1. The van der Waals surface area contributed by atoms with Crippen LogP contribution in [-0.4, -0.2) is 15.9 Å². The van der Waals surface area contributed by atoms with E-state index in [0.717, 1.165) is 27.6 Å². The van der Waals surface area contributed by atoms with Crippen LogP contribution in [0.4, 0.5) is 5.82 Å². The van der Waals surface area contributed by atoms with Crippen LogP contribution >= 0.6 is 11.3 Å². The zero-order valence-corrected chi connectivity index (χ0v) is 16.7. The van der Waals surface area contributed by atoms with Gasteiger partial charge in [-0.05, 0) is 41.8 Å². The van der Waals surface area contributed by atoms with Crippen LogP contribution in [0.25, 0.3) is 10.8 Å². The van der Waals surface area contributed by atoms with E-state index in [1.54, 1.807) is 17.5 Å². The highest BCUT2D eigenvalue weighted by Crippen LogP contribution is 2.25. The molecule has 0 saturated carbocycles. The zero-order valence-electron chi connectivity index (χ0n) is 15.9. The molecule has 2 aromatic heterocycles. The Balaban J connectivity index is 1.49. The molecule has 1 N–H and O–H groups in total. The van der Waals surface area contributed by atoms with Crippen molar-refractivity contribution in [2.75, 3.05) is 5.32 Å². The number of nitrogens with zero attached hydrogens (tertiary/aromatic N) is 2. The molecule has 5 heteroatoms. The molecule has 0 bridgehead atoms. The molecular weight excluding hydrogens is 366 g/mol. The van der Waals surface area contributed by atoms with Gasteiger partial charge < -0.3 is 5.32 Å². The Morgan fingerprint density at radius 2 is 1.86 bits per heavy atom. The molecule has 0 radical (unpaired) electrons. The molecule has 0 aliphatic rings. The predicted octanol–water partition coefficient (Wildman–Crippen LogP) is 5.08. The number of benzene rings is 2. The van der Waals surface area contributed by atoms with E-state index in [0.29, 0.717) is 12.2 Å². The molecule has 0 spiro atoms. The Morgan fingerprint density at radius 1 is 1.04 bits per heavy atom. The predicted molar refractivity (Wildman–Crippen MR) is 115 cm³/mol. The number of fused-ring (bicyclic) bond motifs is 1. The highest BCUT2D eigenvalue weighted by molar-refractivity contribution is 7.11. The quantitative estimate of drug-likeness (QED) is 0.519. The van der Waals surface area contributed by atoms with Gasteiger partial charge in [-0.1, -0.05) is 48.5 Å². The van der Waals surface area contributed by atoms with Crippen molar-refractivity contribution in [1.29, 1.82) is 0 Å². The summed E-state index contributed by atoms with van der Waals surface area (Å²) in [7, 11) is 0. The Kier molecular flexibility index (Phi) is 5.17. The molecular formula is C23H21N3OS. The van der Waals surface area contributed by atoms with E-state index in [1.165, 1.54) is 16.3 Å². The fourth-order valence-electron chi connectivity index (χ4n) is 3.21. The topological polar surface area (TPSA) is 54.9 Å². The van der Waals surface area contributed by atoms with Crippen LogP contribution < -0.4 is 5.32 Å². The number of hydrogen-bond donors (Lipinski definition) is 1. The summed E-state index contributed by atoms with van der Waals surface area (Å²) in [6, 6.07) is 18.5. The Hall–Kier alpha value is -3.05. The fraction of sp³-hybridized carbons (Fsp3) is 0.174. The summed E-state index contributed by atoms with van der Waals surface area (Å²) in [5.41, 5.74) is 3.24. The van der Waals surface area contributed by atoms with Crippen LogP contribution in [0.2, 0.25) is 0 Å². The first-order valence-electron chi connectivity index (χ1n) is 9.23. The average Bonchev–Trinajstić information content (AvgIpc) is 3.03. The van der Waals surface area contributed by atoms with E-state index >= 15 is 0 Å². The van der Waals surface area contributed by atoms with Crippen molar-refractivity contribution >= 4 is 33.8 Å². The molecule has 0 unspecified atom stereocenters. The van der Waals surface area contributed by atoms with Gasteiger partial charge in [0.2, 0.25) is 5.91 Å². The normalized spacial score (nSPS) is 10.9. The van der Waals surface area contributed by atoms with Gasteiger partial charge in [-0.15, -0.1) is 11.3 Å². The number of anilines is 1. The average molecular weight is 388 g/mol. The Morgan fingerprint density at radius 3 is 2.68 bits per heavy atom. The number of hydrogen-bond acceptors (Lipinski definition) is 4. The van der Waals surface area contributed by atoms with Gasteiger partial charge in [0, 0.05) is 17.5 Å². The maximum absolute atomic E-state index is 12.4. The number of rotatable bonds is 5. The lowest BCUT2D eigenvalue weighted by atomic mass is 10.0. The van der Waals surface area contributed by atoms with Gasteiger partial charge in [0.1, 0.15) is 5.82 Å².